The predicted molar refractivity (Wildman–Crippen MR) is 73.2 cm³/mol. The first-order valence-electron chi connectivity index (χ1n) is 6.58. The number of methoxy groups -OCH3 is 1. The van der Waals surface area contributed by atoms with E-state index in [1.54, 1.807) is 19.6 Å². The zero-order valence-electron chi connectivity index (χ0n) is 11.7. The van der Waals surface area contributed by atoms with Gasteiger partial charge in [-0.05, 0) is 25.1 Å². The molecule has 2 rings (SSSR count). The molecule has 104 valence electrons. The van der Waals surface area contributed by atoms with Crippen LogP contribution in [0.5, 0.6) is 5.75 Å². The van der Waals surface area contributed by atoms with E-state index in [-0.39, 0.29) is 6.04 Å². The summed E-state index contributed by atoms with van der Waals surface area (Å²) in [6.07, 6.45) is 5.30. The summed E-state index contributed by atoms with van der Waals surface area (Å²) in [5.74, 6) is 1.83. The topological polar surface area (TPSA) is 52.2 Å². The molecule has 0 radical (unpaired) electrons. The molecule has 2 aromatic rings. The molecule has 0 spiro atoms. The quantitative estimate of drug-likeness (QED) is 0.833. The summed E-state index contributed by atoms with van der Waals surface area (Å²) in [4.78, 5) is 0. The lowest BCUT2D eigenvalue weighted by Gasteiger charge is -2.19. The maximum atomic E-state index is 5.38. The zero-order valence-corrected chi connectivity index (χ0v) is 11.7. The summed E-state index contributed by atoms with van der Waals surface area (Å²) in [5.41, 5.74) is 1.08. The van der Waals surface area contributed by atoms with Crippen molar-refractivity contribution in [3.63, 3.8) is 0 Å². The number of ether oxygens (including phenoxy) is 1. The summed E-state index contributed by atoms with van der Waals surface area (Å²) in [6.45, 7) is 3.00. The third kappa shape index (κ3) is 3.17. The van der Waals surface area contributed by atoms with Crippen LogP contribution in [-0.2, 0) is 13.5 Å². The SMILES string of the molecule is CCNC(CCc1ccco1)c1c(OC)cnn1C. The van der Waals surface area contributed by atoms with Crippen molar-refractivity contribution in [2.45, 2.75) is 25.8 Å². The molecule has 19 heavy (non-hydrogen) atoms. The Morgan fingerprint density at radius 1 is 1.53 bits per heavy atom. The van der Waals surface area contributed by atoms with E-state index in [2.05, 4.69) is 17.3 Å². The van der Waals surface area contributed by atoms with Crippen LogP contribution in [0.1, 0.15) is 30.8 Å². The van der Waals surface area contributed by atoms with Crippen molar-refractivity contribution in [1.29, 1.82) is 0 Å². The molecule has 0 amide bonds. The Morgan fingerprint density at radius 2 is 2.37 bits per heavy atom. The average Bonchev–Trinajstić information content (AvgIpc) is 3.04. The standard InChI is InChI=1S/C14H21N3O2/c1-4-15-12(8-7-11-6-5-9-19-11)14-13(18-3)10-16-17(14)2/h5-6,9-10,12,15H,4,7-8H2,1-3H3. The maximum absolute atomic E-state index is 5.38. The molecular formula is C14H21N3O2. The van der Waals surface area contributed by atoms with E-state index in [4.69, 9.17) is 9.15 Å². The van der Waals surface area contributed by atoms with E-state index < -0.39 is 0 Å². The van der Waals surface area contributed by atoms with Crippen molar-refractivity contribution in [2.75, 3.05) is 13.7 Å². The summed E-state index contributed by atoms with van der Waals surface area (Å²) in [6, 6.07) is 4.13. The van der Waals surface area contributed by atoms with Gasteiger partial charge in [-0.15, -0.1) is 0 Å². The summed E-state index contributed by atoms with van der Waals surface area (Å²) in [5, 5.41) is 7.74. The Bertz CT molecular complexity index is 491. The summed E-state index contributed by atoms with van der Waals surface area (Å²) < 4.78 is 12.6. The van der Waals surface area contributed by atoms with Gasteiger partial charge in [-0.2, -0.15) is 5.10 Å². The van der Waals surface area contributed by atoms with Crippen molar-refractivity contribution >= 4 is 0 Å². The molecule has 1 atom stereocenters. The van der Waals surface area contributed by atoms with Gasteiger partial charge in [0, 0.05) is 13.5 Å². The number of hydrogen-bond donors (Lipinski definition) is 1. The van der Waals surface area contributed by atoms with Gasteiger partial charge in [0.2, 0.25) is 0 Å². The number of rotatable bonds is 7. The normalized spacial score (nSPS) is 12.6. The molecule has 0 fully saturated rings. The van der Waals surface area contributed by atoms with Crippen molar-refractivity contribution in [3.05, 3.63) is 36.0 Å². The number of nitrogens with one attached hydrogen (secondary N) is 1. The first kappa shape index (κ1) is 13.7. The van der Waals surface area contributed by atoms with E-state index in [0.29, 0.717) is 0 Å². The Balaban J connectivity index is 2.12. The molecule has 0 bridgehead atoms. The first-order chi connectivity index (χ1) is 9.26. The minimum Gasteiger partial charge on any atom is -0.493 e. The average molecular weight is 263 g/mol. The molecule has 0 aliphatic rings. The lowest BCUT2D eigenvalue weighted by molar-refractivity contribution is 0.385. The lowest BCUT2D eigenvalue weighted by Crippen LogP contribution is -2.24. The molecule has 1 N–H and O–H groups in total. The zero-order chi connectivity index (χ0) is 13.7. The molecule has 2 heterocycles. The van der Waals surface area contributed by atoms with Crippen LogP contribution >= 0.6 is 0 Å². The maximum Gasteiger partial charge on any atom is 0.161 e. The van der Waals surface area contributed by atoms with Gasteiger partial charge < -0.3 is 14.5 Å². The second-order valence-corrected chi connectivity index (χ2v) is 4.45. The summed E-state index contributed by atoms with van der Waals surface area (Å²) in [7, 11) is 3.62. The van der Waals surface area contributed by atoms with Crippen LogP contribution in [-0.4, -0.2) is 23.4 Å². The Morgan fingerprint density at radius 3 is 3.00 bits per heavy atom. The highest BCUT2D eigenvalue weighted by Crippen LogP contribution is 2.27. The predicted octanol–water partition coefficient (Wildman–Crippen LogP) is 2.31. The Hall–Kier alpha value is -1.75. The molecule has 2 aromatic heterocycles. The summed E-state index contributed by atoms with van der Waals surface area (Å²) >= 11 is 0. The molecule has 0 aliphatic carbocycles. The highest BCUT2D eigenvalue weighted by atomic mass is 16.5. The number of furan rings is 1. The fourth-order valence-electron chi connectivity index (χ4n) is 2.30. The van der Waals surface area contributed by atoms with Crippen LogP contribution < -0.4 is 10.1 Å². The van der Waals surface area contributed by atoms with Gasteiger partial charge in [0.05, 0.1) is 31.3 Å². The molecule has 0 aromatic carbocycles. The monoisotopic (exact) mass is 263 g/mol. The van der Waals surface area contributed by atoms with Crippen molar-refractivity contribution in [2.24, 2.45) is 7.05 Å². The Kier molecular flexibility index (Phi) is 4.63. The minimum absolute atomic E-state index is 0.206. The highest BCUT2D eigenvalue weighted by Gasteiger charge is 2.20. The molecule has 0 aliphatic heterocycles. The van der Waals surface area contributed by atoms with Crippen LogP contribution in [0.25, 0.3) is 0 Å². The van der Waals surface area contributed by atoms with Crippen molar-refractivity contribution < 1.29 is 9.15 Å². The number of aromatic nitrogens is 2. The van der Waals surface area contributed by atoms with Crippen LogP contribution in [0.3, 0.4) is 0 Å². The van der Waals surface area contributed by atoms with Crippen LogP contribution in [0.2, 0.25) is 0 Å². The fraction of sp³-hybridized carbons (Fsp3) is 0.500. The van der Waals surface area contributed by atoms with Gasteiger partial charge in [-0.3, -0.25) is 4.68 Å². The van der Waals surface area contributed by atoms with Gasteiger partial charge in [0.25, 0.3) is 0 Å². The van der Waals surface area contributed by atoms with E-state index in [0.717, 1.165) is 36.6 Å². The van der Waals surface area contributed by atoms with Crippen molar-refractivity contribution in [1.82, 2.24) is 15.1 Å². The molecule has 0 saturated heterocycles. The van der Waals surface area contributed by atoms with E-state index in [9.17, 15) is 0 Å². The molecule has 5 nitrogen and oxygen atoms in total. The van der Waals surface area contributed by atoms with Crippen LogP contribution in [0.4, 0.5) is 0 Å². The highest BCUT2D eigenvalue weighted by molar-refractivity contribution is 5.28. The van der Waals surface area contributed by atoms with Gasteiger partial charge in [0.1, 0.15) is 5.76 Å². The van der Waals surface area contributed by atoms with Gasteiger partial charge >= 0.3 is 0 Å². The molecule has 5 heteroatoms. The lowest BCUT2D eigenvalue weighted by atomic mass is 10.1. The smallest absolute Gasteiger partial charge is 0.161 e. The number of nitrogens with zero attached hydrogens (tertiary/aromatic N) is 2. The van der Waals surface area contributed by atoms with Gasteiger partial charge in [-0.25, -0.2) is 0 Å². The van der Waals surface area contributed by atoms with Gasteiger partial charge in [0.15, 0.2) is 5.75 Å². The second-order valence-electron chi connectivity index (χ2n) is 4.45. The molecular weight excluding hydrogens is 242 g/mol. The largest absolute Gasteiger partial charge is 0.493 e. The first-order valence-corrected chi connectivity index (χ1v) is 6.58. The second kappa shape index (κ2) is 6.43. The van der Waals surface area contributed by atoms with Crippen LogP contribution in [0, 0.1) is 0 Å². The molecule has 1 unspecified atom stereocenters. The Labute approximate surface area is 113 Å². The van der Waals surface area contributed by atoms with Crippen LogP contribution in [0.15, 0.2) is 29.0 Å². The number of hydrogen-bond acceptors (Lipinski definition) is 4. The van der Waals surface area contributed by atoms with E-state index in [1.807, 2.05) is 23.9 Å². The van der Waals surface area contributed by atoms with E-state index in [1.165, 1.54) is 0 Å². The third-order valence-electron chi connectivity index (χ3n) is 3.21. The van der Waals surface area contributed by atoms with Gasteiger partial charge in [-0.1, -0.05) is 6.92 Å². The number of aryl methyl sites for hydroxylation is 2. The molecule has 0 saturated carbocycles. The third-order valence-corrected chi connectivity index (χ3v) is 3.21. The van der Waals surface area contributed by atoms with Crippen molar-refractivity contribution in [3.8, 4) is 5.75 Å². The van der Waals surface area contributed by atoms with E-state index >= 15 is 0 Å². The fourth-order valence-corrected chi connectivity index (χ4v) is 2.30. The minimum atomic E-state index is 0.206.